The van der Waals surface area contributed by atoms with Crippen LogP contribution >= 0.6 is 0 Å². The van der Waals surface area contributed by atoms with Crippen molar-refractivity contribution in [3.05, 3.63) is 41.2 Å². The Balaban J connectivity index is 0.000000720. The van der Waals surface area contributed by atoms with Gasteiger partial charge in [0.1, 0.15) is 5.82 Å². The van der Waals surface area contributed by atoms with Crippen LogP contribution in [0.3, 0.4) is 0 Å². The summed E-state index contributed by atoms with van der Waals surface area (Å²) in [5, 5.41) is 11.0. The van der Waals surface area contributed by atoms with Gasteiger partial charge < -0.3 is 5.11 Å². The Morgan fingerprint density at radius 2 is 2.08 bits per heavy atom. The number of halogens is 1. The second-order valence-corrected chi connectivity index (χ2v) is 2.54. The van der Waals surface area contributed by atoms with Gasteiger partial charge in [-0.1, -0.05) is 18.2 Å². The van der Waals surface area contributed by atoms with Gasteiger partial charge in [-0.3, -0.25) is 0 Å². The zero-order chi connectivity index (χ0) is 7.84. The van der Waals surface area contributed by atoms with Gasteiger partial charge in [-0.25, -0.2) is 4.39 Å². The Kier molecular flexibility index (Phi) is 2.94. The fraction of sp³-hybridized carbons (Fsp3) is 0.111. The molecule has 1 aliphatic rings. The molecule has 0 aliphatic heterocycles. The minimum absolute atomic E-state index is 0. The second kappa shape index (κ2) is 3.60. The molecule has 56 valence electrons. The van der Waals surface area contributed by atoms with Crippen molar-refractivity contribution in [2.75, 3.05) is 0 Å². The molecule has 3 heteroatoms. The SMILES string of the molecule is [Na+].[O-]C1=CCc2c(F)cccc21. The molecule has 0 aromatic heterocycles. The van der Waals surface area contributed by atoms with Gasteiger partial charge in [0.15, 0.2) is 0 Å². The minimum atomic E-state index is -0.274. The number of rotatable bonds is 0. The monoisotopic (exact) mass is 172 g/mol. The quantitative estimate of drug-likeness (QED) is 0.419. The van der Waals surface area contributed by atoms with Crippen LogP contribution < -0.4 is 34.7 Å². The molecular weight excluding hydrogens is 166 g/mol. The topological polar surface area (TPSA) is 23.1 Å². The van der Waals surface area contributed by atoms with E-state index in [-0.39, 0.29) is 41.1 Å². The molecule has 0 amide bonds. The third-order valence-corrected chi connectivity index (χ3v) is 1.88. The standard InChI is InChI=1S/C9H7FO.Na/c10-8-3-1-2-7-6(8)4-5-9(7)11;/h1-3,5,11H,4H2;/q;+1/p-1. The van der Waals surface area contributed by atoms with Crippen molar-refractivity contribution in [2.45, 2.75) is 6.42 Å². The first-order valence-electron chi connectivity index (χ1n) is 3.44. The van der Waals surface area contributed by atoms with Gasteiger partial charge in [-0.05, 0) is 23.6 Å². The van der Waals surface area contributed by atoms with Crippen molar-refractivity contribution in [1.82, 2.24) is 0 Å². The van der Waals surface area contributed by atoms with Gasteiger partial charge >= 0.3 is 29.6 Å². The summed E-state index contributed by atoms with van der Waals surface area (Å²) in [7, 11) is 0. The van der Waals surface area contributed by atoms with Gasteiger partial charge in [-0.2, -0.15) is 0 Å². The maximum Gasteiger partial charge on any atom is 1.00 e. The Morgan fingerprint density at radius 3 is 2.75 bits per heavy atom. The minimum Gasteiger partial charge on any atom is -0.872 e. The molecule has 0 unspecified atom stereocenters. The summed E-state index contributed by atoms with van der Waals surface area (Å²) in [5.74, 6) is -0.330. The van der Waals surface area contributed by atoms with E-state index in [9.17, 15) is 9.50 Å². The molecular formula is C9H6FNaO. The number of hydrogen-bond donors (Lipinski definition) is 0. The van der Waals surface area contributed by atoms with Crippen molar-refractivity contribution >= 4 is 5.76 Å². The molecule has 0 fully saturated rings. The predicted octanol–water partition coefficient (Wildman–Crippen LogP) is -1.91. The molecule has 0 atom stereocenters. The Hall–Kier alpha value is -0.310. The maximum atomic E-state index is 12.9. The molecule has 1 aromatic carbocycles. The maximum absolute atomic E-state index is 12.9. The third kappa shape index (κ3) is 1.42. The summed E-state index contributed by atoms with van der Waals surface area (Å²) in [6, 6.07) is 4.60. The van der Waals surface area contributed by atoms with Crippen LogP contribution in [0.15, 0.2) is 24.3 Å². The Morgan fingerprint density at radius 1 is 1.33 bits per heavy atom. The number of hydrogen-bond acceptors (Lipinski definition) is 1. The van der Waals surface area contributed by atoms with Crippen LogP contribution in [0.1, 0.15) is 11.1 Å². The summed E-state index contributed by atoms with van der Waals surface area (Å²) < 4.78 is 12.9. The van der Waals surface area contributed by atoms with E-state index in [0.717, 1.165) is 0 Å². The largest absolute Gasteiger partial charge is 1.00 e. The van der Waals surface area contributed by atoms with Crippen molar-refractivity contribution < 1.29 is 39.1 Å². The molecule has 0 heterocycles. The van der Waals surface area contributed by atoms with Gasteiger partial charge in [0.25, 0.3) is 0 Å². The molecule has 1 aromatic rings. The van der Waals surface area contributed by atoms with Crippen LogP contribution in [-0.4, -0.2) is 0 Å². The van der Waals surface area contributed by atoms with Crippen molar-refractivity contribution in [1.29, 1.82) is 0 Å². The molecule has 1 aliphatic carbocycles. The van der Waals surface area contributed by atoms with Crippen LogP contribution in [-0.2, 0) is 6.42 Å². The van der Waals surface area contributed by atoms with Crippen LogP contribution in [0.25, 0.3) is 5.76 Å². The van der Waals surface area contributed by atoms with Crippen LogP contribution in [0.5, 0.6) is 0 Å². The van der Waals surface area contributed by atoms with E-state index in [0.29, 0.717) is 17.5 Å². The summed E-state index contributed by atoms with van der Waals surface area (Å²) in [4.78, 5) is 0. The molecule has 0 saturated heterocycles. The number of benzene rings is 1. The molecule has 0 radical (unpaired) electrons. The summed E-state index contributed by atoms with van der Waals surface area (Å²) in [6.07, 6.45) is 1.95. The fourth-order valence-electron chi connectivity index (χ4n) is 1.30. The molecule has 0 saturated carbocycles. The van der Waals surface area contributed by atoms with Crippen molar-refractivity contribution in [3.8, 4) is 0 Å². The van der Waals surface area contributed by atoms with E-state index in [1.165, 1.54) is 12.1 Å². The smallest absolute Gasteiger partial charge is 0.872 e. The average molecular weight is 172 g/mol. The zero-order valence-electron chi connectivity index (χ0n) is 6.80. The van der Waals surface area contributed by atoms with Crippen LogP contribution in [0.2, 0.25) is 0 Å². The predicted molar refractivity (Wildman–Crippen MR) is 38.1 cm³/mol. The number of allylic oxidation sites excluding steroid dienone is 1. The first kappa shape index (κ1) is 9.78. The number of fused-ring (bicyclic) bond motifs is 1. The molecule has 2 rings (SSSR count). The van der Waals surface area contributed by atoms with E-state index in [2.05, 4.69) is 0 Å². The molecule has 0 spiro atoms. The molecule has 0 N–H and O–H groups in total. The van der Waals surface area contributed by atoms with E-state index in [1.807, 2.05) is 0 Å². The average Bonchev–Trinajstić information content (AvgIpc) is 2.35. The van der Waals surface area contributed by atoms with Gasteiger partial charge in [0, 0.05) is 0 Å². The molecule has 0 bridgehead atoms. The van der Waals surface area contributed by atoms with Crippen LogP contribution in [0, 0.1) is 5.82 Å². The fourth-order valence-corrected chi connectivity index (χ4v) is 1.30. The Labute approximate surface area is 92.2 Å². The van der Waals surface area contributed by atoms with Gasteiger partial charge in [0.2, 0.25) is 0 Å². The summed E-state index contributed by atoms with van der Waals surface area (Å²) in [5.41, 5.74) is 1.06. The molecule has 1 nitrogen and oxygen atoms in total. The Bertz CT molecular complexity index is 333. The normalized spacial score (nSPS) is 13.2. The van der Waals surface area contributed by atoms with E-state index >= 15 is 0 Å². The van der Waals surface area contributed by atoms with Crippen molar-refractivity contribution in [2.24, 2.45) is 0 Å². The van der Waals surface area contributed by atoms with E-state index < -0.39 is 0 Å². The third-order valence-electron chi connectivity index (χ3n) is 1.88. The summed E-state index contributed by atoms with van der Waals surface area (Å²) >= 11 is 0. The summed E-state index contributed by atoms with van der Waals surface area (Å²) in [6.45, 7) is 0. The van der Waals surface area contributed by atoms with Crippen LogP contribution in [0.4, 0.5) is 4.39 Å². The van der Waals surface area contributed by atoms with E-state index in [1.54, 1.807) is 12.1 Å². The van der Waals surface area contributed by atoms with Gasteiger partial charge in [0.05, 0.1) is 0 Å². The first-order chi connectivity index (χ1) is 5.29. The van der Waals surface area contributed by atoms with E-state index in [4.69, 9.17) is 0 Å². The second-order valence-electron chi connectivity index (χ2n) is 2.54. The molecule has 12 heavy (non-hydrogen) atoms. The van der Waals surface area contributed by atoms with Crippen molar-refractivity contribution in [3.63, 3.8) is 0 Å². The first-order valence-corrected chi connectivity index (χ1v) is 3.44. The van der Waals surface area contributed by atoms with Gasteiger partial charge in [-0.15, -0.1) is 5.76 Å². The zero-order valence-corrected chi connectivity index (χ0v) is 8.80.